The smallest absolute Gasteiger partial charge is 0.316 e. The SMILES string of the molecule is Cc1c(NC(=O)c2cnn(-c3ccc(C(F)(F)F)cn3)c2C(C)C)c(=O)n(-c2ccccc2)n1C. The van der Waals surface area contributed by atoms with Gasteiger partial charge in [0, 0.05) is 13.2 Å². The van der Waals surface area contributed by atoms with Gasteiger partial charge < -0.3 is 5.32 Å². The lowest BCUT2D eigenvalue weighted by Gasteiger charge is -2.13. The van der Waals surface area contributed by atoms with E-state index in [-0.39, 0.29) is 23.0 Å². The lowest BCUT2D eigenvalue weighted by Crippen LogP contribution is -2.23. The molecule has 3 aromatic heterocycles. The second-order valence-corrected chi connectivity index (χ2v) is 8.30. The van der Waals surface area contributed by atoms with Crippen LogP contribution in [0.3, 0.4) is 0 Å². The molecule has 0 spiro atoms. The molecular formula is C24H23F3N6O2. The largest absolute Gasteiger partial charge is 0.417 e. The second-order valence-electron chi connectivity index (χ2n) is 8.30. The number of para-hydroxylation sites is 1. The minimum atomic E-state index is -4.51. The Balaban J connectivity index is 1.70. The van der Waals surface area contributed by atoms with Crippen LogP contribution in [0.1, 0.15) is 47.1 Å². The molecule has 11 heteroatoms. The Hall–Kier alpha value is -4.15. The molecular weight excluding hydrogens is 461 g/mol. The predicted octanol–water partition coefficient (Wildman–Crippen LogP) is 4.46. The van der Waals surface area contributed by atoms with Crippen LogP contribution in [0.2, 0.25) is 0 Å². The third-order valence-electron chi connectivity index (χ3n) is 5.68. The number of carbonyl (C=O) groups is 1. The number of alkyl halides is 3. The molecule has 4 aromatic rings. The number of amides is 1. The Morgan fingerprint density at radius 2 is 1.74 bits per heavy atom. The fourth-order valence-corrected chi connectivity index (χ4v) is 3.84. The number of nitrogens with zero attached hydrogens (tertiary/aromatic N) is 5. The molecule has 1 amide bonds. The Labute approximate surface area is 198 Å². The number of hydrogen-bond acceptors (Lipinski definition) is 4. The molecule has 0 aliphatic carbocycles. The molecule has 4 rings (SSSR count). The van der Waals surface area contributed by atoms with Gasteiger partial charge in [-0.15, -0.1) is 0 Å². The molecule has 0 unspecified atom stereocenters. The highest BCUT2D eigenvalue weighted by Crippen LogP contribution is 2.29. The van der Waals surface area contributed by atoms with Gasteiger partial charge in [-0.05, 0) is 37.1 Å². The van der Waals surface area contributed by atoms with Gasteiger partial charge in [0.15, 0.2) is 5.82 Å². The van der Waals surface area contributed by atoms with E-state index in [0.717, 1.165) is 12.3 Å². The maximum absolute atomic E-state index is 13.2. The van der Waals surface area contributed by atoms with Crippen molar-refractivity contribution < 1.29 is 18.0 Å². The molecule has 0 fully saturated rings. The van der Waals surface area contributed by atoms with E-state index < -0.39 is 23.2 Å². The molecule has 0 aliphatic heterocycles. The Kier molecular flexibility index (Phi) is 6.10. The van der Waals surface area contributed by atoms with Crippen molar-refractivity contribution in [2.45, 2.75) is 32.9 Å². The van der Waals surface area contributed by atoms with Crippen LogP contribution in [-0.2, 0) is 13.2 Å². The lowest BCUT2D eigenvalue weighted by molar-refractivity contribution is -0.137. The Bertz CT molecular complexity index is 1430. The van der Waals surface area contributed by atoms with E-state index in [2.05, 4.69) is 15.4 Å². The third-order valence-corrected chi connectivity index (χ3v) is 5.68. The first-order valence-electron chi connectivity index (χ1n) is 10.8. The Morgan fingerprint density at radius 3 is 2.31 bits per heavy atom. The molecule has 0 atom stereocenters. The minimum absolute atomic E-state index is 0.122. The van der Waals surface area contributed by atoms with Crippen LogP contribution >= 0.6 is 0 Å². The van der Waals surface area contributed by atoms with Gasteiger partial charge in [-0.25, -0.2) is 14.3 Å². The predicted molar refractivity (Wildman–Crippen MR) is 124 cm³/mol. The summed E-state index contributed by atoms with van der Waals surface area (Å²) >= 11 is 0. The highest BCUT2D eigenvalue weighted by atomic mass is 19.4. The first-order valence-corrected chi connectivity index (χ1v) is 10.8. The van der Waals surface area contributed by atoms with Crippen LogP contribution in [0.5, 0.6) is 0 Å². The number of anilines is 1. The summed E-state index contributed by atoms with van der Waals surface area (Å²) in [6.45, 7) is 5.37. The maximum atomic E-state index is 13.2. The van der Waals surface area contributed by atoms with Crippen molar-refractivity contribution in [2.75, 3.05) is 5.32 Å². The fraction of sp³-hybridized carbons (Fsp3) is 0.250. The monoisotopic (exact) mass is 484 g/mol. The van der Waals surface area contributed by atoms with E-state index in [1.807, 2.05) is 19.9 Å². The quantitative estimate of drug-likeness (QED) is 0.453. The molecule has 0 aliphatic rings. The first kappa shape index (κ1) is 24.0. The summed E-state index contributed by atoms with van der Waals surface area (Å²) in [7, 11) is 1.72. The van der Waals surface area contributed by atoms with Crippen molar-refractivity contribution in [3.05, 3.63) is 87.7 Å². The number of benzene rings is 1. The van der Waals surface area contributed by atoms with Crippen molar-refractivity contribution in [3.8, 4) is 11.5 Å². The van der Waals surface area contributed by atoms with Crippen molar-refractivity contribution >= 4 is 11.6 Å². The molecule has 35 heavy (non-hydrogen) atoms. The summed E-state index contributed by atoms with van der Waals surface area (Å²) < 4.78 is 43.1. The van der Waals surface area contributed by atoms with E-state index in [1.54, 1.807) is 42.9 Å². The highest BCUT2D eigenvalue weighted by Gasteiger charge is 2.31. The molecule has 8 nitrogen and oxygen atoms in total. The lowest BCUT2D eigenvalue weighted by atomic mass is 10.1. The fourth-order valence-electron chi connectivity index (χ4n) is 3.84. The van der Waals surface area contributed by atoms with E-state index in [9.17, 15) is 22.8 Å². The van der Waals surface area contributed by atoms with E-state index in [4.69, 9.17) is 0 Å². The van der Waals surface area contributed by atoms with Crippen molar-refractivity contribution in [1.82, 2.24) is 24.1 Å². The van der Waals surface area contributed by atoms with Crippen molar-refractivity contribution in [3.63, 3.8) is 0 Å². The van der Waals surface area contributed by atoms with E-state index >= 15 is 0 Å². The Morgan fingerprint density at radius 1 is 1.06 bits per heavy atom. The standard InChI is InChI=1S/C24H23F3N6O2/c1-14(2)21-18(13-29-32(21)19-11-10-16(12-28-19)24(25,26)27)22(34)30-20-15(3)31(4)33(23(20)35)17-8-6-5-7-9-17/h5-14H,1-4H3,(H,30,34). The molecule has 0 radical (unpaired) electrons. The molecule has 0 saturated carbocycles. The zero-order valence-corrected chi connectivity index (χ0v) is 19.5. The number of halogens is 3. The van der Waals surface area contributed by atoms with Gasteiger partial charge in [0.25, 0.3) is 11.5 Å². The maximum Gasteiger partial charge on any atom is 0.417 e. The summed E-state index contributed by atoms with van der Waals surface area (Å²) in [6.07, 6.45) is -2.47. The van der Waals surface area contributed by atoms with Crippen LogP contribution in [0, 0.1) is 6.92 Å². The highest BCUT2D eigenvalue weighted by molar-refractivity contribution is 6.05. The normalized spacial score (nSPS) is 11.8. The number of aromatic nitrogens is 5. The zero-order chi connectivity index (χ0) is 25.5. The van der Waals surface area contributed by atoms with Gasteiger partial charge in [-0.3, -0.25) is 14.3 Å². The minimum Gasteiger partial charge on any atom is -0.316 e. The van der Waals surface area contributed by atoms with Gasteiger partial charge in [0.2, 0.25) is 0 Å². The molecule has 3 heterocycles. The topological polar surface area (TPSA) is 86.7 Å². The second kappa shape index (κ2) is 8.90. The van der Waals surface area contributed by atoms with E-state index in [0.29, 0.717) is 17.1 Å². The molecule has 1 aromatic carbocycles. The number of hydrogen-bond donors (Lipinski definition) is 1. The first-order chi connectivity index (χ1) is 16.5. The van der Waals surface area contributed by atoms with Crippen LogP contribution < -0.4 is 10.9 Å². The molecule has 182 valence electrons. The van der Waals surface area contributed by atoms with Gasteiger partial charge in [-0.2, -0.15) is 18.3 Å². The van der Waals surface area contributed by atoms with Crippen LogP contribution in [0.15, 0.2) is 59.7 Å². The van der Waals surface area contributed by atoms with Crippen LogP contribution in [0.25, 0.3) is 11.5 Å². The number of nitrogens with one attached hydrogen (secondary N) is 1. The van der Waals surface area contributed by atoms with Gasteiger partial charge >= 0.3 is 6.18 Å². The molecule has 0 bridgehead atoms. The average Bonchev–Trinajstić information content (AvgIpc) is 3.35. The summed E-state index contributed by atoms with van der Waals surface area (Å²) in [5.41, 5.74) is 0.681. The summed E-state index contributed by atoms with van der Waals surface area (Å²) in [5, 5.41) is 6.90. The van der Waals surface area contributed by atoms with Gasteiger partial charge in [0.1, 0.15) is 5.69 Å². The average molecular weight is 484 g/mol. The summed E-state index contributed by atoms with van der Waals surface area (Å²) in [4.78, 5) is 30.3. The third kappa shape index (κ3) is 4.36. The van der Waals surface area contributed by atoms with Crippen LogP contribution in [0.4, 0.5) is 18.9 Å². The number of carbonyl (C=O) groups excluding carboxylic acids is 1. The number of rotatable bonds is 5. The van der Waals surface area contributed by atoms with E-state index in [1.165, 1.54) is 21.6 Å². The molecule has 0 saturated heterocycles. The summed E-state index contributed by atoms with van der Waals surface area (Å²) in [6, 6.07) is 11.1. The van der Waals surface area contributed by atoms with Crippen molar-refractivity contribution in [1.29, 1.82) is 0 Å². The number of pyridine rings is 1. The summed E-state index contributed by atoms with van der Waals surface area (Å²) in [5.74, 6) is -0.638. The van der Waals surface area contributed by atoms with Gasteiger partial charge in [0.05, 0.1) is 34.4 Å². The molecule has 1 N–H and O–H groups in total. The van der Waals surface area contributed by atoms with Crippen molar-refractivity contribution in [2.24, 2.45) is 7.05 Å². The zero-order valence-electron chi connectivity index (χ0n) is 19.5. The van der Waals surface area contributed by atoms with Gasteiger partial charge in [-0.1, -0.05) is 32.0 Å². The van der Waals surface area contributed by atoms with Crippen LogP contribution in [-0.4, -0.2) is 30.0 Å².